The summed E-state index contributed by atoms with van der Waals surface area (Å²) in [5.74, 6) is 0.568. The third-order valence-corrected chi connectivity index (χ3v) is 3.34. The van der Waals surface area contributed by atoms with Crippen LogP contribution in [-0.4, -0.2) is 41.3 Å². The minimum absolute atomic E-state index is 0. The molecule has 0 fully saturated rings. The zero-order valence-corrected chi connectivity index (χ0v) is 16.0. The molecule has 2 aromatic rings. The molecule has 5 nitrogen and oxygen atoms in total. The fourth-order valence-electron chi connectivity index (χ4n) is 2.29. The number of nitrogens with zero attached hydrogens (tertiary/aromatic N) is 4. The van der Waals surface area contributed by atoms with Crippen LogP contribution >= 0.6 is 24.0 Å². The summed E-state index contributed by atoms with van der Waals surface area (Å²) in [6, 6.07) is 6.61. The molecule has 126 valence electrons. The van der Waals surface area contributed by atoms with Crippen LogP contribution in [0.1, 0.15) is 11.1 Å². The number of guanidine groups is 1. The van der Waals surface area contributed by atoms with Gasteiger partial charge in [0, 0.05) is 40.4 Å². The first kappa shape index (κ1) is 19.4. The lowest BCUT2D eigenvalue weighted by Crippen LogP contribution is -2.39. The molecule has 0 bridgehead atoms. The maximum Gasteiger partial charge on any atom is 0.193 e. The van der Waals surface area contributed by atoms with Gasteiger partial charge in [-0.25, -0.2) is 4.39 Å². The number of halogens is 2. The zero-order valence-electron chi connectivity index (χ0n) is 13.7. The van der Waals surface area contributed by atoms with Crippen molar-refractivity contribution in [1.29, 1.82) is 0 Å². The number of nitrogens with one attached hydrogen (secondary N) is 1. The Morgan fingerprint density at radius 1 is 1.39 bits per heavy atom. The molecule has 1 aromatic carbocycles. The van der Waals surface area contributed by atoms with Crippen molar-refractivity contribution >= 4 is 29.9 Å². The van der Waals surface area contributed by atoms with Crippen molar-refractivity contribution in [2.24, 2.45) is 12.0 Å². The van der Waals surface area contributed by atoms with Gasteiger partial charge in [0.25, 0.3) is 0 Å². The van der Waals surface area contributed by atoms with Crippen molar-refractivity contribution in [3.8, 4) is 0 Å². The van der Waals surface area contributed by atoms with E-state index in [1.165, 1.54) is 11.6 Å². The highest BCUT2D eigenvalue weighted by Gasteiger charge is 2.07. The van der Waals surface area contributed by atoms with Gasteiger partial charge in [-0.3, -0.25) is 9.67 Å². The van der Waals surface area contributed by atoms with Crippen LogP contribution in [0.15, 0.2) is 41.7 Å². The third kappa shape index (κ3) is 6.17. The van der Waals surface area contributed by atoms with E-state index in [4.69, 9.17) is 0 Å². The highest BCUT2D eigenvalue weighted by atomic mass is 127. The van der Waals surface area contributed by atoms with Crippen molar-refractivity contribution in [2.45, 2.75) is 13.0 Å². The second-order valence-electron chi connectivity index (χ2n) is 5.23. The first-order chi connectivity index (χ1) is 10.6. The number of aliphatic imine (C=N–C) groups is 1. The largest absolute Gasteiger partial charge is 0.356 e. The van der Waals surface area contributed by atoms with Crippen LogP contribution in [0.2, 0.25) is 0 Å². The summed E-state index contributed by atoms with van der Waals surface area (Å²) in [5.41, 5.74) is 2.09. The number of benzene rings is 1. The van der Waals surface area contributed by atoms with Gasteiger partial charge in [0.2, 0.25) is 0 Å². The number of rotatable bonds is 5. The van der Waals surface area contributed by atoms with Crippen LogP contribution in [0.3, 0.4) is 0 Å². The van der Waals surface area contributed by atoms with E-state index < -0.39 is 0 Å². The van der Waals surface area contributed by atoms with E-state index in [-0.39, 0.29) is 29.8 Å². The molecule has 2 rings (SSSR count). The second-order valence-corrected chi connectivity index (χ2v) is 5.23. The zero-order chi connectivity index (χ0) is 15.9. The summed E-state index contributed by atoms with van der Waals surface area (Å²) in [7, 11) is 5.58. The lowest BCUT2D eigenvalue weighted by atomic mass is 10.2. The average Bonchev–Trinajstić information content (AvgIpc) is 2.89. The Hall–Kier alpha value is -1.64. The Kier molecular flexibility index (Phi) is 8.01. The van der Waals surface area contributed by atoms with Gasteiger partial charge in [-0.05, 0) is 29.7 Å². The molecule has 1 N–H and O–H groups in total. The Morgan fingerprint density at radius 3 is 2.78 bits per heavy atom. The molecular weight excluding hydrogens is 408 g/mol. The maximum absolute atomic E-state index is 13.2. The first-order valence-electron chi connectivity index (χ1n) is 7.22. The van der Waals surface area contributed by atoms with Gasteiger partial charge in [-0.1, -0.05) is 12.1 Å². The van der Waals surface area contributed by atoms with E-state index in [0.29, 0.717) is 6.54 Å². The smallest absolute Gasteiger partial charge is 0.193 e. The monoisotopic (exact) mass is 431 g/mol. The molecule has 1 aromatic heterocycles. The summed E-state index contributed by atoms with van der Waals surface area (Å²) in [5, 5.41) is 7.45. The van der Waals surface area contributed by atoms with Crippen molar-refractivity contribution in [1.82, 2.24) is 20.0 Å². The highest BCUT2D eigenvalue weighted by molar-refractivity contribution is 14.0. The molecule has 0 amide bonds. The van der Waals surface area contributed by atoms with Crippen molar-refractivity contribution in [3.05, 3.63) is 53.6 Å². The van der Waals surface area contributed by atoms with Gasteiger partial charge >= 0.3 is 0 Å². The predicted octanol–water partition coefficient (Wildman–Crippen LogP) is 2.43. The molecule has 1 heterocycles. The normalized spacial score (nSPS) is 11.0. The number of aryl methyl sites for hydroxylation is 1. The van der Waals surface area contributed by atoms with Crippen molar-refractivity contribution in [3.63, 3.8) is 0 Å². The van der Waals surface area contributed by atoms with E-state index in [1.54, 1.807) is 23.9 Å². The fourth-order valence-corrected chi connectivity index (χ4v) is 2.29. The Balaban J connectivity index is 0.00000264. The molecule has 0 atom stereocenters. The molecule has 23 heavy (non-hydrogen) atoms. The van der Waals surface area contributed by atoms with Gasteiger partial charge in [0.05, 0.1) is 6.20 Å². The van der Waals surface area contributed by atoms with Gasteiger partial charge < -0.3 is 10.2 Å². The standard InChI is InChI=1S/C16H22FN5.HI/c1-18-16(19-8-7-14-10-20-22(3)12-14)21(2)11-13-5-4-6-15(17)9-13;/h4-6,9-10,12H,7-8,11H2,1-3H3,(H,18,19);1H. The van der Waals surface area contributed by atoms with Gasteiger partial charge in [-0.15, -0.1) is 24.0 Å². The highest BCUT2D eigenvalue weighted by Crippen LogP contribution is 2.06. The molecule has 0 aliphatic carbocycles. The summed E-state index contributed by atoms with van der Waals surface area (Å²) >= 11 is 0. The molecular formula is C16H23FIN5. The van der Waals surface area contributed by atoms with E-state index in [9.17, 15) is 4.39 Å². The predicted molar refractivity (Wildman–Crippen MR) is 102 cm³/mol. The van der Waals surface area contributed by atoms with Gasteiger partial charge in [0.1, 0.15) is 5.82 Å². The van der Waals surface area contributed by atoms with E-state index in [0.717, 1.165) is 24.5 Å². The van der Waals surface area contributed by atoms with Crippen LogP contribution in [0.25, 0.3) is 0 Å². The molecule has 0 aliphatic rings. The van der Waals surface area contributed by atoms with E-state index in [1.807, 2.05) is 37.5 Å². The number of hydrogen-bond donors (Lipinski definition) is 1. The molecule has 0 unspecified atom stereocenters. The van der Waals surface area contributed by atoms with Gasteiger partial charge in [-0.2, -0.15) is 5.10 Å². The van der Waals surface area contributed by atoms with Crippen molar-refractivity contribution < 1.29 is 4.39 Å². The third-order valence-electron chi connectivity index (χ3n) is 3.34. The summed E-state index contributed by atoms with van der Waals surface area (Å²) in [4.78, 5) is 6.23. The number of aromatic nitrogens is 2. The molecule has 0 saturated heterocycles. The van der Waals surface area contributed by atoms with Gasteiger partial charge in [0.15, 0.2) is 5.96 Å². The SMILES string of the molecule is CN=C(NCCc1cnn(C)c1)N(C)Cc1cccc(F)c1.I. The first-order valence-corrected chi connectivity index (χ1v) is 7.22. The van der Waals surface area contributed by atoms with E-state index >= 15 is 0 Å². The molecule has 7 heteroatoms. The van der Waals surface area contributed by atoms with Crippen LogP contribution in [0.5, 0.6) is 0 Å². The molecule has 0 aliphatic heterocycles. The second kappa shape index (κ2) is 9.49. The van der Waals surface area contributed by atoms with Crippen LogP contribution in [0, 0.1) is 5.82 Å². The topological polar surface area (TPSA) is 45.5 Å². The maximum atomic E-state index is 13.2. The Labute approximate surface area is 153 Å². The molecule has 0 radical (unpaired) electrons. The molecule has 0 saturated carbocycles. The number of hydrogen-bond acceptors (Lipinski definition) is 2. The minimum Gasteiger partial charge on any atom is -0.356 e. The summed E-state index contributed by atoms with van der Waals surface area (Å²) < 4.78 is 15.0. The lowest BCUT2D eigenvalue weighted by Gasteiger charge is -2.22. The lowest BCUT2D eigenvalue weighted by molar-refractivity contribution is 0.475. The van der Waals surface area contributed by atoms with Crippen molar-refractivity contribution in [2.75, 3.05) is 20.6 Å². The summed E-state index contributed by atoms with van der Waals surface area (Å²) in [6.07, 6.45) is 4.74. The quantitative estimate of drug-likeness (QED) is 0.450. The van der Waals surface area contributed by atoms with Crippen LogP contribution < -0.4 is 5.32 Å². The summed E-state index contributed by atoms with van der Waals surface area (Å²) in [6.45, 7) is 1.37. The van der Waals surface area contributed by atoms with Crippen LogP contribution in [0.4, 0.5) is 4.39 Å². The van der Waals surface area contributed by atoms with E-state index in [2.05, 4.69) is 15.4 Å². The average molecular weight is 431 g/mol. The molecule has 0 spiro atoms. The fraction of sp³-hybridized carbons (Fsp3) is 0.375. The Bertz CT molecular complexity index is 641. The van der Waals surface area contributed by atoms with Crippen LogP contribution in [-0.2, 0) is 20.0 Å². The Morgan fingerprint density at radius 2 is 2.17 bits per heavy atom. The minimum atomic E-state index is -0.217.